The van der Waals surface area contributed by atoms with E-state index in [0.29, 0.717) is 5.56 Å². The molecule has 1 aliphatic rings. The Morgan fingerprint density at radius 2 is 1.43 bits per heavy atom. The maximum absolute atomic E-state index is 12.8. The van der Waals surface area contributed by atoms with Crippen LogP contribution in [-0.4, -0.2) is 34.9 Å². The monoisotopic (exact) mass is 596 g/mol. The quantitative estimate of drug-likeness (QED) is 0.332. The first-order chi connectivity index (χ1) is 16.8. The van der Waals surface area contributed by atoms with Gasteiger partial charge in [-0.1, -0.05) is 98.6 Å². The molecule has 0 saturated carbocycles. The molecule has 0 aromatic heterocycles. The van der Waals surface area contributed by atoms with Crippen LogP contribution in [0, 0.1) is 0 Å². The topological polar surface area (TPSA) is 83.6 Å². The van der Waals surface area contributed by atoms with Gasteiger partial charge in [0.1, 0.15) is 11.7 Å². The highest BCUT2D eigenvalue weighted by atomic mass is 79.9. The number of hydrogen-bond donors (Lipinski definition) is 1. The molecule has 1 heterocycles. The average molecular weight is 598 g/mol. The summed E-state index contributed by atoms with van der Waals surface area (Å²) < 4.78 is 1.63. The maximum Gasteiger partial charge on any atom is 0.277 e. The molecule has 178 valence electrons. The summed E-state index contributed by atoms with van der Waals surface area (Å²) in [6, 6.07) is 23.1. The number of rotatable bonds is 4. The number of nitrogens with zero attached hydrogens (tertiary/aromatic N) is 1. The minimum Gasteiger partial charge on any atom is -0.320 e. The minimum absolute atomic E-state index is 0.0846. The van der Waals surface area contributed by atoms with Crippen molar-refractivity contribution in [3.8, 4) is 0 Å². The largest absolute Gasteiger partial charge is 0.320 e. The molecular weight excluding hydrogens is 576 g/mol. The second-order valence-electron chi connectivity index (χ2n) is 7.61. The van der Waals surface area contributed by atoms with E-state index in [-0.39, 0.29) is 18.0 Å². The van der Waals surface area contributed by atoms with Gasteiger partial charge in [-0.25, -0.2) is 0 Å². The Balaban J connectivity index is 0.000000320. The van der Waals surface area contributed by atoms with Gasteiger partial charge in [0.15, 0.2) is 6.29 Å². The number of benzene rings is 3. The highest BCUT2D eigenvalue weighted by molar-refractivity contribution is 9.10. The van der Waals surface area contributed by atoms with E-state index in [0.717, 1.165) is 31.3 Å². The summed E-state index contributed by atoms with van der Waals surface area (Å²) in [4.78, 5) is 48.8. The molecule has 1 unspecified atom stereocenters. The van der Waals surface area contributed by atoms with Gasteiger partial charge in [0.25, 0.3) is 5.91 Å². The number of aldehydes is 1. The van der Waals surface area contributed by atoms with E-state index in [1.54, 1.807) is 12.1 Å². The molecule has 4 rings (SSSR count). The summed E-state index contributed by atoms with van der Waals surface area (Å²) >= 11 is 6.63. The van der Waals surface area contributed by atoms with Crippen molar-refractivity contribution in [1.82, 2.24) is 10.2 Å². The van der Waals surface area contributed by atoms with Gasteiger partial charge in [-0.15, -0.1) is 0 Å². The second kappa shape index (κ2) is 12.4. The molecule has 6 nitrogen and oxygen atoms in total. The van der Waals surface area contributed by atoms with Crippen LogP contribution in [0.1, 0.15) is 28.4 Å². The predicted molar refractivity (Wildman–Crippen MR) is 141 cm³/mol. The van der Waals surface area contributed by atoms with E-state index in [1.165, 1.54) is 6.92 Å². The standard InChI is InChI=1S/C20H17BrN2O3.C7H5BrO/c1-13(24)23-18(11-14-7-3-2-4-8-14)19(25)22-17(20(23)26)12-15-9-5-6-10-16(15)21;8-7-4-2-1-3-6(7)5-9/h2-10,12,18H,11H2,1H3,(H,22,25);1-5H. The van der Waals surface area contributed by atoms with E-state index < -0.39 is 17.9 Å². The van der Waals surface area contributed by atoms with Crippen LogP contribution in [0.3, 0.4) is 0 Å². The van der Waals surface area contributed by atoms with E-state index in [4.69, 9.17) is 0 Å². The fourth-order valence-corrected chi connectivity index (χ4v) is 4.24. The number of imide groups is 1. The molecule has 1 fully saturated rings. The molecule has 1 N–H and O–H groups in total. The summed E-state index contributed by atoms with van der Waals surface area (Å²) in [5.41, 5.74) is 2.39. The Labute approximate surface area is 220 Å². The van der Waals surface area contributed by atoms with Crippen molar-refractivity contribution in [2.24, 2.45) is 0 Å². The third kappa shape index (κ3) is 6.83. The van der Waals surface area contributed by atoms with Crippen molar-refractivity contribution >= 4 is 61.9 Å². The van der Waals surface area contributed by atoms with Crippen LogP contribution in [0.2, 0.25) is 0 Å². The lowest BCUT2D eigenvalue weighted by Crippen LogP contribution is -2.59. The Morgan fingerprint density at radius 1 is 0.886 bits per heavy atom. The van der Waals surface area contributed by atoms with E-state index >= 15 is 0 Å². The Hall–Kier alpha value is -3.36. The van der Waals surface area contributed by atoms with Crippen molar-refractivity contribution in [1.29, 1.82) is 0 Å². The molecule has 1 saturated heterocycles. The first-order valence-corrected chi connectivity index (χ1v) is 12.2. The summed E-state index contributed by atoms with van der Waals surface area (Å²) in [6.07, 6.45) is 2.67. The van der Waals surface area contributed by atoms with Crippen LogP contribution in [0.15, 0.2) is 93.5 Å². The first-order valence-electron chi connectivity index (χ1n) is 10.7. The minimum atomic E-state index is -0.862. The number of nitrogens with one attached hydrogen (secondary N) is 1. The number of carbonyl (C=O) groups excluding carboxylic acids is 4. The summed E-state index contributed by atoms with van der Waals surface area (Å²) in [6.45, 7) is 1.30. The van der Waals surface area contributed by atoms with Gasteiger partial charge in [-0.3, -0.25) is 24.1 Å². The van der Waals surface area contributed by atoms with Crippen LogP contribution in [0.5, 0.6) is 0 Å². The number of piperazine rings is 1. The first kappa shape index (κ1) is 26.2. The number of halogens is 2. The fraction of sp³-hybridized carbons (Fsp3) is 0.111. The molecule has 3 aromatic carbocycles. The molecule has 8 heteroatoms. The van der Waals surface area contributed by atoms with Crippen molar-refractivity contribution in [3.63, 3.8) is 0 Å². The lowest BCUT2D eigenvalue weighted by atomic mass is 10.0. The van der Waals surface area contributed by atoms with Gasteiger partial charge in [0.2, 0.25) is 11.8 Å². The molecule has 3 aromatic rings. The Morgan fingerprint density at radius 3 is 1.94 bits per heavy atom. The van der Waals surface area contributed by atoms with Gasteiger partial charge < -0.3 is 5.32 Å². The predicted octanol–water partition coefficient (Wildman–Crippen LogP) is 5.17. The molecular formula is C27H22Br2N2O4. The molecule has 0 spiro atoms. The zero-order chi connectivity index (χ0) is 25.4. The fourth-order valence-electron chi connectivity index (χ4n) is 3.46. The zero-order valence-corrected chi connectivity index (χ0v) is 22.0. The molecule has 3 amide bonds. The van der Waals surface area contributed by atoms with Crippen molar-refractivity contribution in [2.75, 3.05) is 0 Å². The van der Waals surface area contributed by atoms with Crippen LogP contribution >= 0.6 is 31.9 Å². The normalized spacial score (nSPS) is 16.3. The van der Waals surface area contributed by atoms with Gasteiger partial charge in [-0.2, -0.15) is 0 Å². The summed E-state index contributed by atoms with van der Waals surface area (Å²) in [5, 5.41) is 2.65. The van der Waals surface area contributed by atoms with E-state index in [2.05, 4.69) is 37.2 Å². The summed E-state index contributed by atoms with van der Waals surface area (Å²) in [5.74, 6) is -1.33. The van der Waals surface area contributed by atoms with Gasteiger partial charge >= 0.3 is 0 Å². The third-order valence-corrected chi connectivity index (χ3v) is 6.61. The van der Waals surface area contributed by atoms with Gasteiger partial charge in [0.05, 0.1) is 0 Å². The smallest absolute Gasteiger partial charge is 0.277 e. The molecule has 1 atom stereocenters. The number of hydrogen-bond acceptors (Lipinski definition) is 4. The van der Waals surface area contributed by atoms with Crippen molar-refractivity contribution < 1.29 is 19.2 Å². The van der Waals surface area contributed by atoms with Crippen molar-refractivity contribution in [3.05, 3.63) is 110 Å². The van der Waals surface area contributed by atoms with Crippen LogP contribution in [0.25, 0.3) is 6.08 Å². The zero-order valence-electron chi connectivity index (χ0n) is 18.8. The molecule has 0 bridgehead atoms. The highest BCUT2D eigenvalue weighted by Crippen LogP contribution is 2.22. The Kier molecular flexibility index (Phi) is 9.28. The lowest BCUT2D eigenvalue weighted by molar-refractivity contribution is -0.152. The van der Waals surface area contributed by atoms with Crippen molar-refractivity contribution in [2.45, 2.75) is 19.4 Å². The van der Waals surface area contributed by atoms with Gasteiger partial charge in [-0.05, 0) is 29.3 Å². The summed E-state index contributed by atoms with van der Waals surface area (Å²) in [7, 11) is 0. The molecule has 0 aliphatic carbocycles. The van der Waals surface area contributed by atoms with Crippen LogP contribution in [0.4, 0.5) is 0 Å². The lowest BCUT2D eigenvalue weighted by Gasteiger charge is -2.34. The number of carbonyl (C=O) groups is 4. The third-order valence-electron chi connectivity index (χ3n) is 5.17. The molecule has 1 aliphatic heterocycles. The molecule has 35 heavy (non-hydrogen) atoms. The van der Waals surface area contributed by atoms with Gasteiger partial charge in [0, 0.05) is 27.9 Å². The highest BCUT2D eigenvalue weighted by Gasteiger charge is 2.40. The molecule has 0 radical (unpaired) electrons. The second-order valence-corrected chi connectivity index (χ2v) is 9.32. The average Bonchev–Trinajstić information content (AvgIpc) is 2.85. The van der Waals surface area contributed by atoms with Crippen LogP contribution < -0.4 is 5.32 Å². The Bertz CT molecular complexity index is 1270. The van der Waals surface area contributed by atoms with E-state index in [1.807, 2.05) is 72.8 Å². The van der Waals surface area contributed by atoms with Crippen LogP contribution in [-0.2, 0) is 20.8 Å². The SMILES string of the molecule is CC(=O)N1C(=O)C(=Cc2ccccc2Br)NC(=O)C1Cc1ccccc1.O=Cc1ccccc1Br. The maximum atomic E-state index is 12.8. The van der Waals surface area contributed by atoms with E-state index in [9.17, 15) is 19.2 Å². The number of amides is 3.